The lowest BCUT2D eigenvalue weighted by molar-refractivity contribution is -0.144. The maximum atomic E-state index is 12.6. The van der Waals surface area contributed by atoms with Crippen molar-refractivity contribution in [2.75, 3.05) is 0 Å². The standard InChI is InChI=1S/C11H10ClF3N4/c1-2-5-19-8(3-4-16-19)7-6-9(12)18-10(17-7)11(13,14)15/h3-4,6H,2,5H2,1H3. The zero-order valence-corrected chi connectivity index (χ0v) is 10.7. The van der Waals surface area contributed by atoms with E-state index in [1.165, 1.54) is 12.3 Å². The van der Waals surface area contributed by atoms with Gasteiger partial charge >= 0.3 is 6.18 Å². The third-order valence-electron chi connectivity index (χ3n) is 2.36. The van der Waals surface area contributed by atoms with E-state index in [4.69, 9.17) is 11.6 Å². The van der Waals surface area contributed by atoms with E-state index in [0.717, 1.165) is 6.42 Å². The summed E-state index contributed by atoms with van der Waals surface area (Å²) in [6, 6.07) is 2.88. The summed E-state index contributed by atoms with van der Waals surface area (Å²) in [6.07, 6.45) is -2.32. The minimum atomic E-state index is -4.63. The highest BCUT2D eigenvalue weighted by Gasteiger charge is 2.35. The van der Waals surface area contributed by atoms with Crippen molar-refractivity contribution in [3.05, 3.63) is 29.3 Å². The summed E-state index contributed by atoms with van der Waals surface area (Å²) in [5.74, 6) is -1.25. The lowest BCUT2D eigenvalue weighted by Gasteiger charge is -2.09. The third-order valence-corrected chi connectivity index (χ3v) is 2.56. The molecule has 0 aliphatic heterocycles. The normalized spacial score (nSPS) is 11.8. The predicted octanol–water partition coefficient (Wildman–Crippen LogP) is 3.42. The number of halogens is 4. The van der Waals surface area contributed by atoms with Crippen molar-refractivity contribution in [2.24, 2.45) is 0 Å². The van der Waals surface area contributed by atoms with Crippen molar-refractivity contribution >= 4 is 11.6 Å². The van der Waals surface area contributed by atoms with Crippen LogP contribution >= 0.6 is 11.6 Å². The molecule has 0 saturated carbocycles. The first-order chi connectivity index (χ1) is 8.91. The van der Waals surface area contributed by atoms with Crippen molar-refractivity contribution in [3.63, 3.8) is 0 Å². The number of rotatable bonds is 3. The Labute approximate surface area is 112 Å². The Balaban J connectivity index is 2.50. The van der Waals surface area contributed by atoms with Crippen LogP contribution in [-0.2, 0) is 12.7 Å². The maximum Gasteiger partial charge on any atom is 0.451 e. The molecule has 8 heteroatoms. The second kappa shape index (κ2) is 5.16. The molecule has 19 heavy (non-hydrogen) atoms. The highest BCUT2D eigenvalue weighted by Crippen LogP contribution is 2.29. The largest absolute Gasteiger partial charge is 0.451 e. The first kappa shape index (κ1) is 13.8. The topological polar surface area (TPSA) is 43.6 Å². The maximum absolute atomic E-state index is 12.6. The second-order valence-electron chi connectivity index (χ2n) is 3.84. The van der Waals surface area contributed by atoms with E-state index in [0.29, 0.717) is 12.2 Å². The summed E-state index contributed by atoms with van der Waals surface area (Å²) >= 11 is 5.62. The molecule has 0 amide bonds. The average Bonchev–Trinajstić information content (AvgIpc) is 2.76. The molecule has 0 aromatic carbocycles. The molecule has 102 valence electrons. The summed E-state index contributed by atoms with van der Waals surface area (Å²) in [6.45, 7) is 2.53. The number of nitrogens with zero attached hydrogens (tertiary/aromatic N) is 4. The quantitative estimate of drug-likeness (QED) is 0.814. The molecule has 2 rings (SSSR count). The predicted molar refractivity (Wildman–Crippen MR) is 63.6 cm³/mol. The van der Waals surface area contributed by atoms with Gasteiger partial charge in [0.15, 0.2) is 0 Å². The summed E-state index contributed by atoms with van der Waals surface area (Å²) < 4.78 is 39.5. The van der Waals surface area contributed by atoms with Gasteiger partial charge in [0.1, 0.15) is 5.15 Å². The van der Waals surface area contributed by atoms with Crippen LogP contribution in [-0.4, -0.2) is 19.7 Å². The molecule has 2 heterocycles. The molecule has 0 N–H and O–H groups in total. The Morgan fingerprint density at radius 2 is 2.05 bits per heavy atom. The molecule has 0 atom stereocenters. The fourth-order valence-electron chi connectivity index (χ4n) is 1.62. The fraction of sp³-hybridized carbons (Fsp3) is 0.364. The lowest BCUT2D eigenvalue weighted by Crippen LogP contribution is -2.12. The Kier molecular flexibility index (Phi) is 3.75. The van der Waals surface area contributed by atoms with Crippen molar-refractivity contribution < 1.29 is 13.2 Å². The Morgan fingerprint density at radius 3 is 2.68 bits per heavy atom. The van der Waals surface area contributed by atoms with E-state index in [9.17, 15) is 13.2 Å². The van der Waals surface area contributed by atoms with Crippen LogP contribution in [0.3, 0.4) is 0 Å². The lowest BCUT2D eigenvalue weighted by atomic mass is 10.3. The van der Waals surface area contributed by atoms with Crippen LogP contribution in [0.1, 0.15) is 19.2 Å². The van der Waals surface area contributed by atoms with E-state index >= 15 is 0 Å². The van der Waals surface area contributed by atoms with Crippen LogP contribution in [0.5, 0.6) is 0 Å². The minimum Gasteiger partial charge on any atom is -0.263 e. The van der Waals surface area contributed by atoms with Crippen LogP contribution in [0.4, 0.5) is 13.2 Å². The Hall–Kier alpha value is -1.63. The highest BCUT2D eigenvalue weighted by atomic mass is 35.5. The van der Waals surface area contributed by atoms with Gasteiger partial charge in [0.25, 0.3) is 0 Å². The van der Waals surface area contributed by atoms with Gasteiger partial charge < -0.3 is 0 Å². The SMILES string of the molecule is CCCn1nccc1-c1cc(Cl)nc(C(F)(F)F)n1. The zero-order chi connectivity index (χ0) is 14.0. The highest BCUT2D eigenvalue weighted by molar-refractivity contribution is 6.29. The fourth-order valence-corrected chi connectivity index (χ4v) is 1.80. The molecule has 0 fully saturated rings. The van der Waals surface area contributed by atoms with E-state index in [2.05, 4.69) is 15.1 Å². The second-order valence-corrected chi connectivity index (χ2v) is 4.22. The summed E-state index contributed by atoms with van der Waals surface area (Å²) in [5.41, 5.74) is 0.593. The van der Waals surface area contributed by atoms with E-state index < -0.39 is 12.0 Å². The van der Waals surface area contributed by atoms with Gasteiger partial charge in [-0.25, -0.2) is 9.97 Å². The van der Waals surface area contributed by atoms with Crippen LogP contribution in [0, 0.1) is 0 Å². The molecule has 0 aliphatic rings. The molecule has 0 bridgehead atoms. The van der Waals surface area contributed by atoms with Gasteiger partial charge in [-0.3, -0.25) is 4.68 Å². The van der Waals surface area contributed by atoms with Gasteiger partial charge in [0.2, 0.25) is 5.82 Å². The van der Waals surface area contributed by atoms with Gasteiger partial charge in [0, 0.05) is 18.8 Å². The van der Waals surface area contributed by atoms with Gasteiger partial charge in [-0.2, -0.15) is 18.3 Å². The van der Waals surface area contributed by atoms with Gasteiger partial charge in [-0.15, -0.1) is 0 Å². The number of alkyl halides is 3. The van der Waals surface area contributed by atoms with Crippen LogP contribution in [0.2, 0.25) is 5.15 Å². The third kappa shape index (κ3) is 3.04. The summed E-state index contributed by atoms with van der Waals surface area (Å²) in [4.78, 5) is 6.70. The molecule has 2 aromatic rings. The van der Waals surface area contributed by atoms with E-state index in [1.807, 2.05) is 6.92 Å². The van der Waals surface area contributed by atoms with Crippen LogP contribution < -0.4 is 0 Å². The van der Waals surface area contributed by atoms with Crippen molar-refractivity contribution in [1.29, 1.82) is 0 Å². The van der Waals surface area contributed by atoms with E-state index in [-0.39, 0.29) is 10.8 Å². The first-order valence-electron chi connectivity index (χ1n) is 5.55. The minimum absolute atomic E-state index is 0.110. The molecule has 4 nitrogen and oxygen atoms in total. The molecule has 0 spiro atoms. The van der Waals surface area contributed by atoms with Gasteiger partial charge in [-0.05, 0) is 12.5 Å². The average molecular weight is 291 g/mol. The molecule has 0 unspecified atom stereocenters. The van der Waals surface area contributed by atoms with Gasteiger partial charge in [-0.1, -0.05) is 18.5 Å². The number of hydrogen-bond donors (Lipinski definition) is 0. The molecular weight excluding hydrogens is 281 g/mol. The van der Waals surface area contributed by atoms with Crippen molar-refractivity contribution in [2.45, 2.75) is 26.1 Å². The number of aromatic nitrogens is 4. The molecule has 0 radical (unpaired) electrons. The van der Waals surface area contributed by atoms with Crippen LogP contribution in [0.15, 0.2) is 18.3 Å². The molecule has 0 saturated heterocycles. The zero-order valence-electron chi connectivity index (χ0n) is 9.95. The Bertz CT molecular complexity index is 580. The summed E-state index contributed by atoms with van der Waals surface area (Å²) in [5, 5.41) is 3.79. The number of hydrogen-bond acceptors (Lipinski definition) is 3. The van der Waals surface area contributed by atoms with Crippen LogP contribution in [0.25, 0.3) is 11.4 Å². The Morgan fingerprint density at radius 1 is 1.32 bits per heavy atom. The first-order valence-corrected chi connectivity index (χ1v) is 5.93. The molecule has 2 aromatic heterocycles. The smallest absolute Gasteiger partial charge is 0.263 e. The molecule has 0 aliphatic carbocycles. The van der Waals surface area contributed by atoms with E-state index in [1.54, 1.807) is 10.7 Å². The van der Waals surface area contributed by atoms with Crippen molar-refractivity contribution in [3.8, 4) is 11.4 Å². The monoisotopic (exact) mass is 290 g/mol. The van der Waals surface area contributed by atoms with Gasteiger partial charge in [0.05, 0.1) is 11.4 Å². The molecular formula is C11H10ClF3N4. The van der Waals surface area contributed by atoms with Crippen molar-refractivity contribution in [1.82, 2.24) is 19.7 Å². The summed E-state index contributed by atoms with van der Waals surface area (Å²) in [7, 11) is 0. The number of aryl methyl sites for hydroxylation is 1.